The molecule has 19 heavy (non-hydrogen) atoms. The van der Waals surface area contributed by atoms with Crippen LogP contribution in [0.25, 0.3) is 0 Å². The van der Waals surface area contributed by atoms with Gasteiger partial charge in [-0.2, -0.15) is 5.10 Å². The third-order valence-electron chi connectivity index (χ3n) is 3.30. The van der Waals surface area contributed by atoms with Gasteiger partial charge < -0.3 is 9.80 Å². The summed E-state index contributed by atoms with van der Waals surface area (Å²) < 4.78 is 1.96. The van der Waals surface area contributed by atoms with Crippen molar-refractivity contribution in [3.05, 3.63) is 17.0 Å². The van der Waals surface area contributed by atoms with Crippen molar-refractivity contribution in [2.75, 3.05) is 34.7 Å². The second kappa shape index (κ2) is 6.59. The van der Waals surface area contributed by atoms with Crippen LogP contribution < -0.4 is 0 Å². The van der Waals surface area contributed by atoms with Gasteiger partial charge in [0.25, 0.3) is 0 Å². The molecule has 0 atom stereocenters. The number of nitrogens with zero attached hydrogens (tertiary/aromatic N) is 5. The lowest BCUT2D eigenvalue weighted by Crippen LogP contribution is -2.35. The van der Waals surface area contributed by atoms with Gasteiger partial charge in [0, 0.05) is 47.5 Å². The van der Waals surface area contributed by atoms with Gasteiger partial charge in [0.05, 0.1) is 5.69 Å². The normalized spacial score (nSPS) is 10.5. The summed E-state index contributed by atoms with van der Waals surface area (Å²) in [4.78, 5) is 8.73. The molecule has 1 heterocycles. The Bertz CT molecular complexity index is 433. The van der Waals surface area contributed by atoms with Crippen LogP contribution in [0, 0.1) is 13.8 Å². The molecule has 0 unspecified atom stereocenters. The van der Waals surface area contributed by atoms with Gasteiger partial charge in [0.2, 0.25) is 0 Å². The number of aryl methyl sites for hydroxylation is 2. The zero-order valence-corrected chi connectivity index (χ0v) is 13.4. The Kier molecular flexibility index (Phi) is 5.39. The van der Waals surface area contributed by atoms with E-state index in [1.54, 1.807) is 0 Å². The van der Waals surface area contributed by atoms with Crippen molar-refractivity contribution in [3.8, 4) is 0 Å². The molecule has 0 aliphatic heterocycles. The highest BCUT2D eigenvalue weighted by molar-refractivity contribution is 5.79. The van der Waals surface area contributed by atoms with Gasteiger partial charge >= 0.3 is 0 Å². The number of hydrogen-bond donors (Lipinski definition) is 0. The third-order valence-corrected chi connectivity index (χ3v) is 3.30. The van der Waals surface area contributed by atoms with E-state index in [0.29, 0.717) is 0 Å². The fraction of sp³-hybridized carbons (Fsp3) is 0.714. The number of rotatable bonds is 4. The molecule has 0 aliphatic carbocycles. The largest absolute Gasteiger partial charge is 0.349 e. The Morgan fingerprint density at radius 1 is 1.16 bits per heavy atom. The summed E-state index contributed by atoms with van der Waals surface area (Å²) in [5.74, 6) is 1.01. The number of hydrogen-bond acceptors (Lipinski definition) is 2. The molecule has 0 amide bonds. The molecule has 0 N–H and O–H groups in total. The van der Waals surface area contributed by atoms with Crippen LogP contribution >= 0.6 is 0 Å². The Labute approximate surface area is 116 Å². The Balaban J connectivity index is 2.57. The fourth-order valence-corrected chi connectivity index (χ4v) is 2.30. The van der Waals surface area contributed by atoms with Crippen LogP contribution in [0.1, 0.15) is 23.4 Å². The zero-order chi connectivity index (χ0) is 14.6. The van der Waals surface area contributed by atoms with Crippen molar-refractivity contribution in [1.29, 1.82) is 0 Å². The van der Waals surface area contributed by atoms with Gasteiger partial charge in [-0.05, 0) is 32.3 Å². The summed E-state index contributed by atoms with van der Waals surface area (Å²) in [5.41, 5.74) is 3.78. The van der Waals surface area contributed by atoms with E-state index in [1.807, 2.05) is 49.7 Å². The van der Waals surface area contributed by atoms with Gasteiger partial charge in [-0.1, -0.05) is 0 Å². The smallest absolute Gasteiger partial charge is 0.195 e. The second-order valence-electron chi connectivity index (χ2n) is 5.35. The Hall–Kier alpha value is -1.52. The molecule has 0 bridgehead atoms. The number of guanidine groups is 1. The van der Waals surface area contributed by atoms with Crippen molar-refractivity contribution < 1.29 is 0 Å². The molecule has 1 aromatic rings. The monoisotopic (exact) mass is 265 g/mol. The molecule has 1 aromatic heterocycles. The van der Waals surface area contributed by atoms with Gasteiger partial charge in [-0.25, -0.2) is 0 Å². The first-order valence-corrected chi connectivity index (χ1v) is 6.72. The van der Waals surface area contributed by atoms with Crippen LogP contribution in [-0.4, -0.2) is 60.3 Å². The maximum Gasteiger partial charge on any atom is 0.195 e. The molecule has 0 saturated carbocycles. The maximum atomic E-state index is 4.65. The molecule has 0 radical (unpaired) electrons. The molecular formula is C14H27N5. The van der Waals surface area contributed by atoms with Crippen molar-refractivity contribution in [3.63, 3.8) is 0 Å². The second-order valence-corrected chi connectivity index (χ2v) is 5.35. The molecule has 0 saturated heterocycles. The summed E-state index contributed by atoms with van der Waals surface area (Å²) in [6.07, 6.45) is 2.10. The molecule has 0 fully saturated rings. The zero-order valence-electron chi connectivity index (χ0n) is 13.4. The van der Waals surface area contributed by atoms with Crippen LogP contribution in [0.3, 0.4) is 0 Å². The summed E-state index contributed by atoms with van der Waals surface area (Å²) in [7, 11) is 10.1. The topological polar surface area (TPSA) is 36.7 Å². The molecule has 0 aliphatic rings. The van der Waals surface area contributed by atoms with Crippen molar-refractivity contribution in [1.82, 2.24) is 19.6 Å². The minimum atomic E-state index is 0.847. The Morgan fingerprint density at radius 2 is 1.74 bits per heavy atom. The van der Waals surface area contributed by atoms with E-state index in [2.05, 4.69) is 23.9 Å². The van der Waals surface area contributed by atoms with E-state index in [4.69, 9.17) is 0 Å². The van der Waals surface area contributed by atoms with Gasteiger partial charge in [0.15, 0.2) is 5.96 Å². The van der Waals surface area contributed by atoms with E-state index >= 15 is 0 Å². The van der Waals surface area contributed by atoms with Crippen molar-refractivity contribution in [2.45, 2.75) is 26.7 Å². The summed E-state index contributed by atoms with van der Waals surface area (Å²) in [5, 5.41) is 4.45. The van der Waals surface area contributed by atoms with E-state index in [9.17, 15) is 0 Å². The predicted octanol–water partition coefficient (Wildman–Crippen LogP) is 1.45. The van der Waals surface area contributed by atoms with E-state index in [0.717, 1.165) is 31.0 Å². The highest BCUT2D eigenvalue weighted by Gasteiger charge is 2.09. The van der Waals surface area contributed by atoms with Gasteiger partial charge in [-0.15, -0.1) is 0 Å². The van der Waals surface area contributed by atoms with Crippen LogP contribution in [0.4, 0.5) is 0 Å². The minimum Gasteiger partial charge on any atom is -0.349 e. The average Bonchev–Trinajstić information content (AvgIpc) is 2.53. The van der Waals surface area contributed by atoms with Crippen molar-refractivity contribution in [2.24, 2.45) is 12.0 Å². The lowest BCUT2D eigenvalue weighted by molar-refractivity contribution is 0.479. The lowest BCUT2D eigenvalue weighted by Gasteiger charge is -2.22. The SMILES string of the molecule is Cc1nn(C)c(C)c1CCCN=C(N(C)C)N(C)C. The van der Waals surface area contributed by atoms with Crippen LogP contribution in [0.5, 0.6) is 0 Å². The Morgan fingerprint density at radius 3 is 2.16 bits per heavy atom. The fourth-order valence-electron chi connectivity index (χ4n) is 2.30. The third kappa shape index (κ3) is 3.98. The summed E-state index contributed by atoms with van der Waals surface area (Å²) >= 11 is 0. The number of aromatic nitrogens is 2. The van der Waals surface area contributed by atoms with Crippen LogP contribution in [0.15, 0.2) is 4.99 Å². The molecule has 108 valence electrons. The van der Waals surface area contributed by atoms with E-state index < -0.39 is 0 Å². The number of aliphatic imine (C=N–C) groups is 1. The standard InChI is InChI=1S/C14H27N5/c1-11-13(12(2)19(7)16-11)9-8-10-15-14(17(3)4)18(5)6/h8-10H2,1-7H3. The average molecular weight is 265 g/mol. The molecule has 0 spiro atoms. The van der Waals surface area contributed by atoms with Crippen molar-refractivity contribution >= 4 is 5.96 Å². The minimum absolute atomic E-state index is 0.847. The lowest BCUT2D eigenvalue weighted by atomic mass is 10.1. The maximum absolute atomic E-state index is 4.65. The van der Waals surface area contributed by atoms with E-state index in [1.165, 1.54) is 11.3 Å². The molecular weight excluding hydrogens is 238 g/mol. The first kappa shape index (κ1) is 15.5. The highest BCUT2D eigenvalue weighted by Crippen LogP contribution is 2.13. The molecule has 1 rings (SSSR count). The highest BCUT2D eigenvalue weighted by atomic mass is 15.3. The van der Waals surface area contributed by atoms with Crippen LogP contribution in [0.2, 0.25) is 0 Å². The first-order valence-electron chi connectivity index (χ1n) is 6.72. The summed E-state index contributed by atoms with van der Waals surface area (Å²) in [6.45, 7) is 5.06. The molecule has 5 heteroatoms. The molecule has 5 nitrogen and oxygen atoms in total. The van der Waals surface area contributed by atoms with Gasteiger partial charge in [-0.3, -0.25) is 9.67 Å². The predicted molar refractivity (Wildman–Crippen MR) is 80.7 cm³/mol. The summed E-state index contributed by atoms with van der Waals surface area (Å²) in [6, 6.07) is 0. The quantitative estimate of drug-likeness (QED) is 0.470. The van der Waals surface area contributed by atoms with E-state index in [-0.39, 0.29) is 0 Å². The molecule has 0 aromatic carbocycles. The van der Waals surface area contributed by atoms with Gasteiger partial charge in [0.1, 0.15) is 0 Å². The first-order chi connectivity index (χ1) is 8.84. The van der Waals surface area contributed by atoms with Crippen LogP contribution in [-0.2, 0) is 13.5 Å².